The third-order valence-electron chi connectivity index (χ3n) is 6.65. The van der Waals surface area contributed by atoms with Crippen molar-refractivity contribution in [1.29, 1.82) is 0 Å². The molecule has 0 spiro atoms. The quantitative estimate of drug-likeness (QED) is 0.337. The monoisotopic (exact) mass is 526 g/mol. The Morgan fingerprint density at radius 1 is 0.605 bits per heavy atom. The van der Waals surface area contributed by atoms with Crippen molar-refractivity contribution in [2.45, 2.75) is 10.9 Å². The van der Waals surface area contributed by atoms with Gasteiger partial charge in [-0.3, -0.25) is 4.90 Å². The molecule has 7 nitrogen and oxygen atoms in total. The van der Waals surface area contributed by atoms with Crippen molar-refractivity contribution >= 4 is 27.4 Å². The highest BCUT2D eigenvalue weighted by molar-refractivity contribution is 7.89. The normalized spacial score (nSPS) is 14.8. The van der Waals surface area contributed by atoms with Crippen LogP contribution in [0.2, 0.25) is 0 Å². The summed E-state index contributed by atoms with van der Waals surface area (Å²) in [6.07, 6.45) is 0. The molecule has 1 fully saturated rings. The van der Waals surface area contributed by atoms with E-state index >= 15 is 0 Å². The fraction of sp³-hybridized carbons (Fsp3) is 0.167. The first-order valence-corrected chi connectivity index (χ1v) is 14.0. The predicted octanol–water partition coefficient (Wildman–Crippen LogP) is 5.43. The Hall–Kier alpha value is -3.98. The van der Waals surface area contributed by atoms with Crippen LogP contribution >= 0.6 is 0 Å². The Bertz CT molecular complexity index is 1400. The molecule has 2 amide bonds. The molecular formula is C30H30N4O3S. The van der Waals surface area contributed by atoms with Gasteiger partial charge >= 0.3 is 6.03 Å². The number of carbonyl (C=O) groups is 1. The second kappa shape index (κ2) is 11.6. The standard InChI is InChI=1S/C30H30N4O3S/c35-30(31-26-14-8-3-9-15-26)32-27-16-18-28(19-17-27)38(36,37)34-22-20-33(21-23-34)29(24-10-4-1-5-11-24)25-12-6-2-7-13-25/h1-19,29H,20-23H2,(H2,31,32,35). The number of carbonyl (C=O) groups excluding carboxylic acids is 1. The summed E-state index contributed by atoms with van der Waals surface area (Å²) < 4.78 is 28.3. The van der Waals surface area contributed by atoms with Gasteiger partial charge in [-0.15, -0.1) is 0 Å². The van der Waals surface area contributed by atoms with Crippen LogP contribution in [-0.4, -0.2) is 49.8 Å². The van der Waals surface area contributed by atoms with E-state index in [4.69, 9.17) is 0 Å². The molecule has 0 saturated carbocycles. The lowest BCUT2D eigenvalue weighted by Crippen LogP contribution is -2.49. The van der Waals surface area contributed by atoms with Gasteiger partial charge in [0.25, 0.3) is 0 Å². The molecule has 0 radical (unpaired) electrons. The summed E-state index contributed by atoms with van der Waals surface area (Å²) in [5, 5.41) is 5.48. The van der Waals surface area contributed by atoms with Gasteiger partial charge in [-0.25, -0.2) is 13.2 Å². The number of piperazine rings is 1. The number of hydrogen-bond donors (Lipinski definition) is 2. The highest BCUT2D eigenvalue weighted by atomic mass is 32.2. The second-order valence-electron chi connectivity index (χ2n) is 9.13. The summed E-state index contributed by atoms with van der Waals surface area (Å²) in [4.78, 5) is 14.8. The van der Waals surface area contributed by atoms with E-state index in [-0.39, 0.29) is 10.9 Å². The SMILES string of the molecule is O=C(Nc1ccccc1)Nc1ccc(S(=O)(=O)N2CCN(C(c3ccccc3)c3ccccc3)CC2)cc1. The number of anilines is 2. The molecule has 4 aromatic carbocycles. The highest BCUT2D eigenvalue weighted by Gasteiger charge is 2.32. The molecular weight excluding hydrogens is 496 g/mol. The van der Waals surface area contributed by atoms with Crippen LogP contribution in [0, 0.1) is 0 Å². The molecule has 1 aliphatic rings. The minimum Gasteiger partial charge on any atom is -0.308 e. The molecule has 0 bridgehead atoms. The maximum absolute atomic E-state index is 13.4. The van der Waals surface area contributed by atoms with Crippen LogP contribution in [0.4, 0.5) is 16.2 Å². The number of para-hydroxylation sites is 1. The summed E-state index contributed by atoms with van der Waals surface area (Å²) >= 11 is 0. The van der Waals surface area contributed by atoms with Crippen molar-refractivity contribution in [1.82, 2.24) is 9.21 Å². The van der Waals surface area contributed by atoms with E-state index in [1.54, 1.807) is 28.6 Å². The van der Waals surface area contributed by atoms with Crippen molar-refractivity contribution in [3.8, 4) is 0 Å². The van der Waals surface area contributed by atoms with Crippen LogP contribution in [0.3, 0.4) is 0 Å². The molecule has 8 heteroatoms. The van der Waals surface area contributed by atoms with Gasteiger partial charge in [-0.05, 0) is 47.5 Å². The average molecular weight is 527 g/mol. The van der Waals surface area contributed by atoms with Gasteiger partial charge in [0.1, 0.15) is 0 Å². The van der Waals surface area contributed by atoms with E-state index < -0.39 is 16.1 Å². The summed E-state index contributed by atoms with van der Waals surface area (Å²) in [5.41, 5.74) is 3.56. The molecule has 1 heterocycles. The lowest BCUT2D eigenvalue weighted by molar-refractivity contribution is 0.156. The van der Waals surface area contributed by atoms with Crippen LogP contribution in [0.1, 0.15) is 17.2 Å². The number of nitrogens with one attached hydrogen (secondary N) is 2. The van der Waals surface area contributed by atoms with Crippen molar-refractivity contribution < 1.29 is 13.2 Å². The van der Waals surface area contributed by atoms with Crippen LogP contribution < -0.4 is 10.6 Å². The fourth-order valence-electron chi connectivity index (χ4n) is 4.76. The molecule has 4 aromatic rings. The first-order chi connectivity index (χ1) is 18.5. The fourth-order valence-corrected chi connectivity index (χ4v) is 6.18. The maximum atomic E-state index is 13.4. The van der Waals surface area contributed by atoms with Gasteiger partial charge in [-0.2, -0.15) is 4.31 Å². The first kappa shape index (κ1) is 25.7. The summed E-state index contributed by atoms with van der Waals surface area (Å²) in [7, 11) is -3.66. The Balaban J connectivity index is 1.24. The lowest BCUT2D eigenvalue weighted by Gasteiger charge is -2.39. The minimum atomic E-state index is -3.66. The Labute approximate surface area is 223 Å². The number of benzene rings is 4. The van der Waals surface area contributed by atoms with Crippen LogP contribution in [-0.2, 0) is 10.0 Å². The van der Waals surface area contributed by atoms with Crippen molar-refractivity contribution in [2.75, 3.05) is 36.8 Å². The molecule has 0 aliphatic carbocycles. The predicted molar refractivity (Wildman–Crippen MR) is 151 cm³/mol. The summed E-state index contributed by atoms with van der Waals surface area (Å²) in [6, 6.07) is 35.7. The topological polar surface area (TPSA) is 81.8 Å². The zero-order chi connectivity index (χ0) is 26.4. The maximum Gasteiger partial charge on any atom is 0.323 e. The lowest BCUT2D eigenvalue weighted by atomic mass is 9.96. The molecule has 0 aromatic heterocycles. The average Bonchev–Trinajstić information content (AvgIpc) is 2.95. The van der Waals surface area contributed by atoms with Gasteiger partial charge in [-0.1, -0.05) is 78.9 Å². The van der Waals surface area contributed by atoms with Gasteiger partial charge in [0.15, 0.2) is 0 Å². The number of amides is 2. The van der Waals surface area contributed by atoms with Gasteiger partial charge < -0.3 is 10.6 Å². The smallest absolute Gasteiger partial charge is 0.308 e. The molecule has 194 valence electrons. The molecule has 1 saturated heterocycles. The molecule has 0 unspecified atom stereocenters. The van der Waals surface area contributed by atoms with E-state index in [0.717, 1.165) is 0 Å². The van der Waals surface area contributed by atoms with Crippen molar-refractivity contribution in [3.63, 3.8) is 0 Å². The summed E-state index contributed by atoms with van der Waals surface area (Å²) in [5.74, 6) is 0. The van der Waals surface area contributed by atoms with E-state index in [2.05, 4.69) is 39.8 Å². The third-order valence-corrected chi connectivity index (χ3v) is 8.56. The van der Waals surface area contributed by atoms with Crippen molar-refractivity contribution in [3.05, 3.63) is 126 Å². The Morgan fingerprint density at radius 3 is 1.55 bits per heavy atom. The molecule has 5 rings (SSSR count). The molecule has 0 atom stereocenters. The van der Waals surface area contributed by atoms with Gasteiger partial charge in [0.05, 0.1) is 10.9 Å². The van der Waals surface area contributed by atoms with E-state index in [1.165, 1.54) is 23.3 Å². The number of urea groups is 1. The number of sulfonamides is 1. The van der Waals surface area contributed by atoms with E-state index in [0.29, 0.717) is 37.6 Å². The summed E-state index contributed by atoms with van der Waals surface area (Å²) in [6.45, 7) is 2.04. The zero-order valence-electron chi connectivity index (χ0n) is 20.9. The van der Waals surface area contributed by atoms with Crippen LogP contribution in [0.5, 0.6) is 0 Å². The Kier molecular flexibility index (Phi) is 7.83. The zero-order valence-corrected chi connectivity index (χ0v) is 21.7. The highest BCUT2D eigenvalue weighted by Crippen LogP contribution is 2.30. The van der Waals surface area contributed by atoms with Crippen LogP contribution in [0.15, 0.2) is 120 Å². The molecule has 2 N–H and O–H groups in total. The number of hydrogen-bond acceptors (Lipinski definition) is 4. The van der Waals surface area contributed by atoms with Crippen LogP contribution in [0.25, 0.3) is 0 Å². The van der Waals surface area contributed by atoms with E-state index in [1.807, 2.05) is 54.6 Å². The second-order valence-corrected chi connectivity index (χ2v) is 11.1. The van der Waals surface area contributed by atoms with E-state index in [9.17, 15) is 13.2 Å². The third kappa shape index (κ3) is 5.94. The number of nitrogens with zero attached hydrogens (tertiary/aromatic N) is 2. The molecule has 38 heavy (non-hydrogen) atoms. The molecule has 1 aliphatic heterocycles. The largest absolute Gasteiger partial charge is 0.323 e. The van der Waals surface area contributed by atoms with Crippen molar-refractivity contribution in [2.24, 2.45) is 0 Å². The Morgan fingerprint density at radius 2 is 1.05 bits per heavy atom. The van der Waals surface area contributed by atoms with Gasteiger partial charge in [0.2, 0.25) is 10.0 Å². The minimum absolute atomic E-state index is 0.0645. The number of rotatable bonds is 7. The van der Waals surface area contributed by atoms with Gasteiger partial charge in [0, 0.05) is 37.6 Å². The first-order valence-electron chi connectivity index (χ1n) is 12.6.